The molecule has 0 aromatic carbocycles. The number of hydrogen-bond acceptors (Lipinski definition) is 3. The first kappa shape index (κ1) is 6.36. The molecule has 0 aliphatic carbocycles. The van der Waals surface area contributed by atoms with E-state index in [-0.39, 0.29) is 5.56 Å². The fourth-order valence-electron chi connectivity index (χ4n) is 1.08. The average molecular weight is 154 g/mol. The van der Waals surface area contributed by atoms with Crippen molar-refractivity contribution in [1.82, 2.24) is 9.78 Å². The zero-order valence-corrected chi connectivity index (χ0v) is 5.65. The van der Waals surface area contributed by atoms with Crippen molar-refractivity contribution in [3.63, 3.8) is 0 Å². The van der Waals surface area contributed by atoms with Gasteiger partial charge in [0.15, 0.2) is 0 Å². The van der Waals surface area contributed by atoms with E-state index in [4.69, 9.17) is 9.84 Å². The van der Waals surface area contributed by atoms with Gasteiger partial charge in [0, 0.05) is 0 Å². The topological polar surface area (TPSA) is 64.3 Å². The van der Waals surface area contributed by atoms with Crippen LogP contribution in [0.3, 0.4) is 0 Å². The predicted molar refractivity (Wildman–Crippen MR) is 34.0 cm³/mol. The Morgan fingerprint density at radius 3 is 3.36 bits per heavy atom. The van der Waals surface area contributed by atoms with E-state index >= 15 is 0 Å². The molecular weight excluding hydrogens is 148 g/mol. The summed E-state index contributed by atoms with van der Waals surface area (Å²) in [6, 6.07) is 0. The minimum absolute atomic E-state index is 0.238. The molecule has 0 fully saturated rings. The van der Waals surface area contributed by atoms with Crippen molar-refractivity contribution in [3.05, 3.63) is 17.5 Å². The number of rotatable bonds is 1. The highest BCUT2D eigenvalue weighted by Crippen LogP contribution is 2.15. The third kappa shape index (κ3) is 0.813. The van der Waals surface area contributed by atoms with Crippen molar-refractivity contribution in [3.8, 4) is 0 Å². The number of ether oxygens (including phenoxy) is 1. The Morgan fingerprint density at radius 2 is 2.64 bits per heavy atom. The van der Waals surface area contributed by atoms with E-state index in [9.17, 15) is 4.79 Å². The zero-order chi connectivity index (χ0) is 7.84. The Bertz CT molecular complexity index is 305. The molecule has 5 heteroatoms. The molecule has 5 nitrogen and oxygen atoms in total. The molecule has 0 atom stereocenters. The van der Waals surface area contributed by atoms with Gasteiger partial charge < -0.3 is 9.84 Å². The van der Waals surface area contributed by atoms with Gasteiger partial charge in [0.1, 0.15) is 12.3 Å². The molecule has 1 aromatic rings. The van der Waals surface area contributed by atoms with Gasteiger partial charge in [-0.3, -0.25) is 0 Å². The van der Waals surface area contributed by atoms with Crippen molar-refractivity contribution in [2.75, 3.05) is 0 Å². The second-order valence-electron chi connectivity index (χ2n) is 2.29. The molecule has 0 saturated heterocycles. The van der Waals surface area contributed by atoms with Crippen LogP contribution in [0.5, 0.6) is 0 Å². The van der Waals surface area contributed by atoms with Crippen LogP contribution < -0.4 is 0 Å². The summed E-state index contributed by atoms with van der Waals surface area (Å²) in [6.07, 6.45) is 1.35. The summed E-state index contributed by atoms with van der Waals surface area (Å²) in [5.41, 5.74) is 0.889. The van der Waals surface area contributed by atoms with Crippen LogP contribution in [0.2, 0.25) is 0 Å². The molecule has 0 unspecified atom stereocenters. The third-order valence-corrected chi connectivity index (χ3v) is 1.63. The van der Waals surface area contributed by atoms with E-state index in [1.807, 2.05) is 0 Å². The largest absolute Gasteiger partial charge is 0.478 e. The lowest BCUT2D eigenvalue weighted by Crippen LogP contribution is -1.99. The predicted octanol–water partition coefficient (Wildman–Crippen LogP) is 0.0690. The van der Waals surface area contributed by atoms with Gasteiger partial charge in [-0.25, -0.2) is 9.48 Å². The normalized spacial score (nSPS) is 14.9. The fraction of sp³-hybridized carbons (Fsp3) is 0.333. The summed E-state index contributed by atoms with van der Waals surface area (Å²) in [4.78, 5) is 10.5. The SMILES string of the molecule is O=C(O)c1cnn2c1COC2. The summed E-state index contributed by atoms with van der Waals surface area (Å²) in [5.74, 6) is -0.947. The van der Waals surface area contributed by atoms with Gasteiger partial charge in [-0.15, -0.1) is 0 Å². The number of hydrogen-bond donors (Lipinski definition) is 1. The third-order valence-electron chi connectivity index (χ3n) is 1.63. The number of fused-ring (bicyclic) bond motifs is 1. The van der Waals surface area contributed by atoms with Crippen molar-refractivity contribution in [1.29, 1.82) is 0 Å². The lowest BCUT2D eigenvalue weighted by molar-refractivity contribution is 0.0690. The lowest BCUT2D eigenvalue weighted by atomic mass is 10.2. The number of nitrogens with zero attached hydrogens (tertiary/aromatic N) is 2. The summed E-state index contributed by atoms with van der Waals surface area (Å²) in [6.45, 7) is 0.713. The van der Waals surface area contributed by atoms with E-state index in [1.165, 1.54) is 6.20 Å². The maximum atomic E-state index is 10.5. The van der Waals surface area contributed by atoms with Crippen LogP contribution in [0.25, 0.3) is 0 Å². The number of carboxylic acids is 1. The van der Waals surface area contributed by atoms with Gasteiger partial charge in [0.25, 0.3) is 0 Å². The van der Waals surface area contributed by atoms with Gasteiger partial charge in [-0.05, 0) is 0 Å². The fourth-order valence-corrected chi connectivity index (χ4v) is 1.08. The molecule has 0 radical (unpaired) electrons. The highest BCUT2D eigenvalue weighted by Gasteiger charge is 2.20. The smallest absolute Gasteiger partial charge is 0.339 e. The highest BCUT2D eigenvalue weighted by atomic mass is 16.5. The van der Waals surface area contributed by atoms with Crippen LogP contribution in [0, 0.1) is 0 Å². The monoisotopic (exact) mass is 154 g/mol. The maximum absolute atomic E-state index is 10.5. The van der Waals surface area contributed by atoms with Crippen molar-refractivity contribution in [2.45, 2.75) is 13.3 Å². The first-order valence-corrected chi connectivity index (χ1v) is 3.15. The van der Waals surface area contributed by atoms with Crippen LogP contribution in [0.15, 0.2) is 6.20 Å². The Balaban J connectivity index is 2.50. The average Bonchev–Trinajstić information content (AvgIpc) is 2.41. The highest BCUT2D eigenvalue weighted by molar-refractivity contribution is 5.88. The number of aromatic nitrogens is 2. The van der Waals surface area contributed by atoms with Crippen molar-refractivity contribution >= 4 is 5.97 Å². The molecule has 58 valence electrons. The van der Waals surface area contributed by atoms with Crippen molar-refractivity contribution in [2.24, 2.45) is 0 Å². The Morgan fingerprint density at radius 1 is 1.82 bits per heavy atom. The van der Waals surface area contributed by atoms with Crippen LogP contribution in [-0.2, 0) is 18.1 Å². The quantitative estimate of drug-likeness (QED) is 0.621. The number of aromatic carboxylic acids is 1. The van der Waals surface area contributed by atoms with Crippen molar-refractivity contribution < 1.29 is 14.6 Å². The molecule has 0 saturated carbocycles. The Labute approximate surface area is 62.2 Å². The van der Waals surface area contributed by atoms with Gasteiger partial charge in [0.2, 0.25) is 0 Å². The Kier molecular flexibility index (Phi) is 1.19. The summed E-state index contributed by atoms with van der Waals surface area (Å²) < 4.78 is 6.53. The second-order valence-corrected chi connectivity index (χ2v) is 2.29. The molecule has 11 heavy (non-hydrogen) atoms. The molecule has 2 rings (SSSR count). The van der Waals surface area contributed by atoms with E-state index in [1.54, 1.807) is 4.68 Å². The molecule has 0 bridgehead atoms. The minimum Gasteiger partial charge on any atom is -0.478 e. The molecule has 2 heterocycles. The van der Waals surface area contributed by atoms with Gasteiger partial charge in [-0.2, -0.15) is 5.10 Å². The van der Waals surface area contributed by atoms with E-state index < -0.39 is 5.97 Å². The van der Waals surface area contributed by atoms with E-state index in [2.05, 4.69) is 5.10 Å². The molecule has 0 spiro atoms. The lowest BCUT2D eigenvalue weighted by Gasteiger charge is -1.89. The molecule has 1 N–H and O–H groups in total. The van der Waals surface area contributed by atoms with Gasteiger partial charge in [0.05, 0.1) is 18.5 Å². The standard InChI is InChI=1S/C6H6N2O3/c9-6(10)4-1-7-8-3-11-2-5(4)8/h1H,2-3H2,(H,9,10). The first-order chi connectivity index (χ1) is 5.29. The Hall–Kier alpha value is -1.36. The van der Waals surface area contributed by atoms with E-state index in [0.29, 0.717) is 19.0 Å². The summed E-state index contributed by atoms with van der Waals surface area (Å²) >= 11 is 0. The summed E-state index contributed by atoms with van der Waals surface area (Å²) in [7, 11) is 0. The molecule has 1 aliphatic heterocycles. The molecular formula is C6H6N2O3. The summed E-state index contributed by atoms with van der Waals surface area (Å²) in [5, 5.41) is 12.5. The zero-order valence-electron chi connectivity index (χ0n) is 5.65. The van der Waals surface area contributed by atoms with Crippen LogP contribution >= 0.6 is 0 Å². The van der Waals surface area contributed by atoms with E-state index in [0.717, 1.165) is 0 Å². The van der Waals surface area contributed by atoms with Gasteiger partial charge in [-0.1, -0.05) is 0 Å². The van der Waals surface area contributed by atoms with Crippen LogP contribution in [-0.4, -0.2) is 20.9 Å². The first-order valence-electron chi connectivity index (χ1n) is 3.15. The van der Waals surface area contributed by atoms with Crippen LogP contribution in [0.1, 0.15) is 16.1 Å². The molecule has 1 aliphatic rings. The number of carbonyl (C=O) groups is 1. The maximum Gasteiger partial charge on any atom is 0.339 e. The van der Waals surface area contributed by atoms with Gasteiger partial charge >= 0.3 is 5.97 Å². The molecule has 0 amide bonds. The second kappa shape index (κ2) is 2.06. The van der Waals surface area contributed by atoms with Crippen LogP contribution in [0.4, 0.5) is 0 Å². The molecule has 1 aromatic heterocycles. The number of carboxylic acid groups (broad SMARTS) is 1. The minimum atomic E-state index is -0.947.